The summed E-state index contributed by atoms with van der Waals surface area (Å²) in [7, 11) is 0. The molecule has 6 nitrogen and oxygen atoms in total. The number of rotatable bonds is 3. The number of ether oxygens (including phenoxy) is 1. The molecule has 2 aromatic carbocycles. The van der Waals surface area contributed by atoms with Crippen LogP contribution < -0.4 is 9.64 Å². The van der Waals surface area contributed by atoms with Crippen LogP contribution in [0.1, 0.15) is 12.0 Å². The van der Waals surface area contributed by atoms with Crippen LogP contribution in [0.4, 0.5) is 11.4 Å². The Morgan fingerprint density at radius 1 is 1.16 bits per heavy atom. The van der Waals surface area contributed by atoms with Crippen LogP contribution in [0.2, 0.25) is 0 Å². The lowest BCUT2D eigenvalue weighted by molar-refractivity contribution is -0.384. The van der Waals surface area contributed by atoms with Crippen LogP contribution in [0, 0.1) is 10.1 Å². The van der Waals surface area contributed by atoms with Gasteiger partial charge in [0.2, 0.25) is 0 Å². The number of hydrogen-bond acceptors (Lipinski definition) is 5. The minimum Gasteiger partial charge on any atom is -0.491 e. The molecule has 6 heteroatoms. The van der Waals surface area contributed by atoms with Gasteiger partial charge in [0.1, 0.15) is 5.75 Å². The van der Waals surface area contributed by atoms with Gasteiger partial charge in [-0.3, -0.25) is 15.0 Å². The second-order valence-corrected chi connectivity index (χ2v) is 6.61. The lowest BCUT2D eigenvalue weighted by Crippen LogP contribution is -2.52. The third kappa shape index (κ3) is 3.30. The third-order valence-electron chi connectivity index (χ3n) is 4.99. The molecule has 2 heterocycles. The second kappa shape index (κ2) is 6.72. The molecule has 0 saturated carbocycles. The highest BCUT2D eigenvalue weighted by atomic mass is 16.6. The van der Waals surface area contributed by atoms with Crippen molar-refractivity contribution in [1.29, 1.82) is 0 Å². The number of benzene rings is 2. The smallest absolute Gasteiger partial charge is 0.273 e. The highest BCUT2D eigenvalue weighted by molar-refractivity contribution is 5.63. The van der Waals surface area contributed by atoms with E-state index in [1.807, 2.05) is 12.1 Å². The van der Waals surface area contributed by atoms with Gasteiger partial charge in [-0.2, -0.15) is 0 Å². The van der Waals surface area contributed by atoms with Crippen molar-refractivity contribution in [3.63, 3.8) is 0 Å². The molecule has 1 atom stereocenters. The summed E-state index contributed by atoms with van der Waals surface area (Å²) in [5.41, 5.74) is 2.39. The first-order chi connectivity index (χ1) is 12.2. The maximum absolute atomic E-state index is 11.0. The fraction of sp³-hybridized carbons (Fsp3) is 0.368. The predicted molar refractivity (Wildman–Crippen MR) is 96.1 cm³/mol. The Kier molecular flexibility index (Phi) is 4.28. The molecule has 0 spiro atoms. The molecule has 0 aliphatic carbocycles. The Labute approximate surface area is 146 Å². The molecule has 2 aliphatic rings. The van der Waals surface area contributed by atoms with E-state index < -0.39 is 0 Å². The number of piperazine rings is 1. The summed E-state index contributed by atoms with van der Waals surface area (Å²) in [4.78, 5) is 15.5. The highest BCUT2D eigenvalue weighted by Gasteiger charge is 2.31. The van der Waals surface area contributed by atoms with Crippen molar-refractivity contribution in [3.8, 4) is 5.75 Å². The molecule has 0 bridgehead atoms. The van der Waals surface area contributed by atoms with E-state index in [-0.39, 0.29) is 10.6 Å². The molecule has 4 rings (SSSR count). The number of anilines is 1. The van der Waals surface area contributed by atoms with Crippen molar-refractivity contribution >= 4 is 11.4 Å². The molecule has 1 fully saturated rings. The van der Waals surface area contributed by atoms with E-state index in [1.54, 1.807) is 12.1 Å². The van der Waals surface area contributed by atoms with Crippen LogP contribution >= 0.6 is 0 Å². The van der Waals surface area contributed by atoms with Crippen LogP contribution in [-0.4, -0.2) is 42.1 Å². The van der Waals surface area contributed by atoms with E-state index in [2.05, 4.69) is 34.1 Å². The Morgan fingerprint density at radius 3 is 2.80 bits per heavy atom. The molecule has 0 amide bonds. The Bertz CT molecular complexity index is 766. The van der Waals surface area contributed by atoms with E-state index in [0.717, 1.165) is 38.3 Å². The monoisotopic (exact) mass is 339 g/mol. The summed E-state index contributed by atoms with van der Waals surface area (Å²) in [6.07, 6.45) is 0.924. The number of nitro benzene ring substituents is 1. The van der Waals surface area contributed by atoms with Gasteiger partial charge in [-0.15, -0.1) is 0 Å². The summed E-state index contributed by atoms with van der Waals surface area (Å²) in [5, 5.41) is 11.0. The zero-order chi connectivity index (χ0) is 17.2. The standard InChI is InChI=1S/C19H21N3O3/c23-22(24)16-6-7-18-19(12-16)25-11-8-17-14-20(9-10-21(17)18)13-15-4-2-1-3-5-15/h1-7,12,17H,8-11,13-14H2. The van der Waals surface area contributed by atoms with Crippen molar-refractivity contribution in [2.75, 3.05) is 31.1 Å². The molecule has 25 heavy (non-hydrogen) atoms. The van der Waals surface area contributed by atoms with E-state index >= 15 is 0 Å². The lowest BCUT2D eigenvalue weighted by atomic mass is 10.1. The number of non-ortho nitro benzene ring substituents is 1. The molecular formula is C19H21N3O3. The first-order valence-electron chi connectivity index (χ1n) is 8.65. The van der Waals surface area contributed by atoms with Gasteiger partial charge in [-0.1, -0.05) is 30.3 Å². The maximum atomic E-state index is 11.0. The topological polar surface area (TPSA) is 58.9 Å². The third-order valence-corrected chi connectivity index (χ3v) is 4.99. The first-order valence-corrected chi connectivity index (χ1v) is 8.65. The van der Waals surface area contributed by atoms with Crippen LogP contribution in [0.15, 0.2) is 48.5 Å². The van der Waals surface area contributed by atoms with E-state index in [0.29, 0.717) is 18.4 Å². The molecule has 130 valence electrons. The Morgan fingerprint density at radius 2 is 2.00 bits per heavy atom. The van der Waals surface area contributed by atoms with Gasteiger partial charge in [0, 0.05) is 44.7 Å². The normalized spacial score (nSPS) is 20.2. The quantitative estimate of drug-likeness (QED) is 0.635. The van der Waals surface area contributed by atoms with Crippen molar-refractivity contribution in [1.82, 2.24) is 4.90 Å². The molecule has 0 aromatic heterocycles. The molecule has 2 aliphatic heterocycles. The van der Waals surface area contributed by atoms with Gasteiger partial charge in [-0.25, -0.2) is 0 Å². The average Bonchev–Trinajstić information content (AvgIpc) is 2.80. The molecule has 1 unspecified atom stereocenters. The van der Waals surface area contributed by atoms with Gasteiger partial charge in [-0.05, 0) is 11.6 Å². The van der Waals surface area contributed by atoms with Crippen LogP contribution in [0.3, 0.4) is 0 Å². The minimum atomic E-state index is -0.371. The van der Waals surface area contributed by atoms with Crippen molar-refractivity contribution in [2.45, 2.75) is 19.0 Å². The largest absolute Gasteiger partial charge is 0.491 e. The predicted octanol–water partition coefficient (Wildman–Crippen LogP) is 3.07. The minimum absolute atomic E-state index is 0.0833. The van der Waals surface area contributed by atoms with Crippen LogP contribution in [0.25, 0.3) is 0 Å². The molecule has 2 aromatic rings. The zero-order valence-electron chi connectivity index (χ0n) is 14.0. The van der Waals surface area contributed by atoms with Gasteiger partial charge in [0.25, 0.3) is 5.69 Å². The molecule has 0 radical (unpaired) electrons. The van der Waals surface area contributed by atoms with E-state index in [9.17, 15) is 10.1 Å². The van der Waals surface area contributed by atoms with Crippen molar-refractivity contribution in [2.24, 2.45) is 0 Å². The van der Waals surface area contributed by atoms with Crippen LogP contribution in [-0.2, 0) is 6.54 Å². The zero-order valence-corrected chi connectivity index (χ0v) is 14.0. The molecular weight excluding hydrogens is 318 g/mol. The molecule has 1 saturated heterocycles. The van der Waals surface area contributed by atoms with Gasteiger partial charge < -0.3 is 9.64 Å². The average molecular weight is 339 g/mol. The summed E-state index contributed by atoms with van der Waals surface area (Å²) < 4.78 is 5.82. The summed E-state index contributed by atoms with van der Waals surface area (Å²) in [6, 6.07) is 15.9. The van der Waals surface area contributed by atoms with Gasteiger partial charge >= 0.3 is 0 Å². The number of nitrogens with zero attached hydrogens (tertiary/aromatic N) is 3. The van der Waals surface area contributed by atoms with Crippen molar-refractivity contribution < 1.29 is 9.66 Å². The maximum Gasteiger partial charge on any atom is 0.273 e. The van der Waals surface area contributed by atoms with Crippen LogP contribution in [0.5, 0.6) is 5.75 Å². The lowest BCUT2D eigenvalue weighted by Gasteiger charge is -2.41. The SMILES string of the molecule is O=[N+]([O-])c1ccc2c(c1)OCCC1CN(Cc3ccccc3)CCN21. The van der Waals surface area contributed by atoms with Crippen molar-refractivity contribution in [3.05, 3.63) is 64.2 Å². The summed E-state index contributed by atoms with van der Waals surface area (Å²) >= 11 is 0. The number of fused-ring (bicyclic) bond motifs is 3. The fourth-order valence-electron chi connectivity index (χ4n) is 3.74. The number of nitro groups is 1. The van der Waals surface area contributed by atoms with Gasteiger partial charge in [0.15, 0.2) is 0 Å². The number of hydrogen-bond donors (Lipinski definition) is 0. The van der Waals surface area contributed by atoms with E-state index in [4.69, 9.17) is 4.74 Å². The summed E-state index contributed by atoms with van der Waals surface area (Å²) in [5.74, 6) is 0.633. The Hall–Kier alpha value is -2.60. The fourth-order valence-corrected chi connectivity index (χ4v) is 3.74. The first kappa shape index (κ1) is 15.9. The van der Waals surface area contributed by atoms with E-state index in [1.165, 1.54) is 5.56 Å². The second-order valence-electron chi connectivity index (χ2n) is 6.61. The summed E-state index contributed by atoms with van der Waals surface area (Å²) in [6.45, 7) is 4.41. The Balaban J connectivity index is 1.52. The highest BCUT2D eigenvalue weighted by Crippen LogP contribution is 2.37. The molecule has 0 N–H and O–H groups in total. The van der Waals surface area contributed by atoms with Gasteiger partial charge in [0.05, 0.1) is 23.3 Å².